The third kappa shape index (κ3) is 3.86. The lowest BCUT2D eigenvalue weighted by atomic mass is 9.95. The summed E-state index contributed by atoms with van der Waals surface area (Å²) in [5.74, 6) is 0. The number of hydrogen-bond acceptors (Lipinski definition) is 3. The topological polar surface area (TPSA) is 16.1 Å². The van der Waals surface area contributed by atoms with Crippen LogP contribution in [0.2, 0.25) is 0 Å². The van der Waals surface area contributed by atoms with Gasteiger partial charge in [0.2, 0.25) is 0 Å². The van der Waals surface area contributed by atoms with E-state index < -0.39 is 0 Å². The van der Waals surface area contributed by atoms with Crippen molar-refractivity contribution in [3.63, 3.8) is 0 Å². The van der Waals surface area contributed by atoms with E-state index >= 15 is 0 Å². The van der Waals surface area contributed by atoms with Gasteiger partial charge in [-0.25, -0.2) is 4.98 Å². The Morgan fingerprint density at radius 2 is 1.86 bits per heavy atom. The van der Waals surface area contributed by atoms with Crippen LogP contribution in [0.15, 0.2) is 23.4 Å². The minimum Gasteiger partial charge on any atom is -0.294 e. The number of aromatic nitrogens is 1. The quantitative estimate of drug-likeness (QED) is 0.735. The number of piperidine rings is 1. The molecule has 22 heavy (non-hydrogen) atoms. The van der Waals surface area contributed by atoms with E-state index in [1.54, 1.807) is 0 Å². The molecule has 1 saturated carbocycles. The average molecular weight is 319 g/mol. The predicted octanol–water partition coefficient (Wildman–Crippen LogP) is 5.44. The van der Waals surface area contributed by atoms with Gasteiger partial charge in [-0.15, -0.1) is 11.8 Å². The Bertz CT molecular complexity index is 468. The van der Waals surface area contributed by atoms with Gasteiger partial charge < -0.3 is 0 Å². The van der Waals surface area contributed by atoms with Gasteiger partial charge in [-0.05, 0) is 52.1 Å². The first kappa shape index (κ1) is 16.3. The number of rotatable bonds is 4. The lowest BCUT2D eigenvalue weighted by Crippen LogP contribution is -2.38. The molecule has 1 aliphatic heterocycles. The van der Waals surface area contributed by atoms with Crippen LogP contribution >= 0.6 is 11.8 Å². The maximum absolute atomic E-state index is 4.78. The van der Waals surface area contributed by atoms with Crippen LogP contribution in [-0.2, 0) is 0 Å². The van der Waals surface area contributed by atoms with Crippen molar-refractivity contribution < 1.29 is 0 Å². The molecule has 1 aromatic rings. The van der Waals surface area contributed by atoms with Gasteiger partial charge >= 0.3 is 0 Å². The Labute approximate surface area is 140 Å². The molecule has 1 saturated heterocycles. The van der Waals surface area contributed by atoms with Crippen LogP contribution in [-0.4, -0.2) is 27.7 Å². The highest BCUT2D eigenvalue weighted by molar-refractivity contribution is 7.99. The molecule has 2 heterocycles. The molecule has 0 N–H and O–H groups in total. The summed E-state index contributed by atoms with van der Waals surface area (Å²) >= 11 is 2.06. The SMILES string of the molecule is CC(C)N1CCCC[C@@H]1c1cccnc1SC1CCCCC1. The van der Waals surface area contributed by atoms with E-state index in [0.717, 1.165) is 5.25 Å². The second-order valence-corrected chi connectivity index (χ2v) is 8.41. The predicted molar refractivity (Wildman–Crippen MR) is 95.4 cm³/mol. The van der Waals surface area contributed by atoms with E-state index in [1.807, 2.05) is 6.20 Å². The molecule has 122 valence electrons. The molecule has 0 unspecified atom stereocenters. The fourth-order valence-corrected chi connectivity index (χ4v) is 5.35. The molecule has 2 nitrogen and oxygen atoms in total. The van der Waals surface area contributed by atoms with Gasteiger partial charge in [0.25, 0.3) is 0 Å². The molecule has 1 atom stereocenters. The van der Waals surface area contributed by atoms with Gasteiger partial charge in [0.15, 0.2) is 0 Å². The second-order valence-electron chi connectivity index (χ2n) is 7.12. The Balaban J connectivity index is 1.79. The molecule has 0 amide bonds. The fraction of sp³-hybridized carbons (Fsp3) is 0.737. The summed E-state index contributed by atoms with van der Waals surface area (Å²) in [7, 11) is 0. The van der Waals surface area contributed by atoms with Crippen molar-refractivity contribution in [3.8, 4) is 0 Å². The third-order valence-electron chi connectivity index (χ3n) is 5.20. The second kappa shape index (κ2) is 7.83. The Morgan fingerprint density at radius 3 is 2.64 bits per heavy atom. The van der Waals surface area contributed by atoms with E-state index in [2.05, 4.69) is 42.6 Å². The third-order valence-corrected chi connectivity index (χ3v) is 6.57. The number of nitrogens with zero attached hydrogens (tertiary/aromatic N) is 2. The average Bonchev–Trinajstić information content (AvgIpc) is 2.56. The normalized spacial score (nSPS) is 24.8. The van der Waals surface area contributed by atoms with E-state index in [4.69, 9.17) is 4.98 Å². The van der Waals surface area contributed by atoms with Gasteiger partial charge in [0.05, 0.1) is 0 Å². The highest BCUT2D eigenvalue weighted by Gasteiger charge is 2.29. The summed E-state index contributed by atoms with van der Waals surface area (Å²) in [6, 6.07) is 5.67. The number of likely N-dealkylation sites (tertiary alicyclic amines) is 1. The first-order valence-corrected chi connectivity index (χ1v) is 10.0. The molecular formula is C19H30N2S. The number of thioether (sulfide) groups is 1. The van der Waals surface area contributed by atoms with Crippen LogP contribution in [0, 0.1) is 0 Å². The van der Waals surface area contributed by atoms with Crippen molar-refractivity contribution in [2.75, 3.05) is 6.54 Å². The van der Waals surface area contributed by atoms with Gasteiger partial charge in [-0.3, -0.25) is 4.90 Å². The van der Waals surface area contributed by atoms with Gasteiger partial charge in [-0.2, -0.15) is 0 Å². The summed E-state index contributed by atoms with van der Waals surface area (Å²) < 4.78 is 0. The van der Waals surface area contributed by atoms with Crippen molar-refractivity contribution in [2.45, 2.75) is 87.6 Å². The molecule has 0 radical (unpaired) electrons. The number of pyridine rings is 1. The van der Waals surface area contributed by atoms with Gasteiger partial charge in [0.1, 0.15) is 5.03 Å². The molecule has 2 aliphatic rings. The molecule has 2 fully saturated rings. The maximum Gasteiger partial charge on any atom is 0.101 e. The van der Waals surface area contributed by atoms with Gasteiger partial charge in [-0.1, -0.05) is 31.7 Å². The molecular weight excluding hydrogens is 288 g/mol. The first-order chi connectivity index (χ1) is 10.8. The molecule has 0 spiro atoms. The summed E-state index contributed by atoms with van der Waals surface area (Å²) in [4.78, 5) is 7.46. The molecule has 3 rings (SSSR count). The monoisotopic (exact) mass is 318 g/mol. The molecule has 0 aromatic carbocycles. The van der Waals surface area contributed by atoms with Crippen molar-refractivity contribution in [2.24, 2.45) is 0 Å². The Morgan fingerprint density at radius 1 is 1.09 bits per heavy atom. The Kier molecular flexibility index (Phi) is 5.81. The smallest absolute Gasteiger partial charge is 0.101 e. The zero-order valence-corrected chi connectivity index (χ0v) is 14.9. The van der Waals surface area contributed by atoms with E-state index in [1.165, 1.54) is 68.5 Å². The van der Waals surface area contributed by atoms with Crippen LogP contribution in [0.5, 0.6) is 0 Å². The van der Waals surface area contributed by atoms with Crippen LogP contribution < -0.4 is 0 Å². The minimum atomic E-state index is 0.577. The minimum absolute atomic E-state index is 0.577. The van der Waals surface area contributed by atoms with E-state index in [-0.39, 0.29) is 0 Å². The summed E-state index contributed by atoms with van der Waals surface area (Å²) in [5, 5.41) is 2.10. The Hall–Kier alpha value is -0.540. The maximum atomic E-state index is 4.78. The van der Waals surface area contributed by atoms with Gasteiger partial charge in [0, 0.05) is 29.1 Å². The first-order valence-electron chi connectivity index (χ1n) is 9.13. The largest absolute Gasteiger partial charge is 0.294 e. The molecule has 1 aromatic heterocycles. The lowest BCUT2D eigenvalue weighted by Gasteiger charge is -2.39. The highest BCUT2D eigenvalue weighted by atomic mass is 32.2. The zero-order chi connectivity index (χ0) is 15.4. The molecule has 1 aliphatic carbocycles. The van der Waals surface area contributed by atoms with Crippen LogP contribution in [0.25, 0.3) is 0 Å². The van der Waals surface area contributed by atoms with Crippen molar-refractivity contribution in [3.05, 3.63) is 23.9 Å². The van der Waals surface area contributed by atoms with E-state index in [0.29, 0.717) is 12.1 Å². The zero-order valence-electron chi connectivity index (χ0n) is 14.1. The molecule has 0 bridgehead atoms. The van der Waals surface area contributed by atoms with Crippen molar-refractivity contribution in [1.29, 1.82) is 0 Å². The highest BCUT2D eigenvalue weighted by Crippen LogP contribution is 2.40. The molecule has 3 heteroatoms. The van der Waals surface area contributed by atoms with Crippen molar-refractivity contribution in [1.82, 2.24) is 9.88 Å². The van der Waals surface area contributed by atoms with Crippen LogP contribution in [0.1, 0.15) is 76.8 Å². The van der Waals surface area contributed by atoms with Crippen LogP contribution in [0.3, 0.4) is 0 Å². The van der Waals surface area contributed by atoms with Crippen LogP contribution in [0.4, 0.5) is 0 Å². The summed E-state index contributed by atoms with van der Waals surface area (Å²) in [6.45, 7) is 5.91. The summed E-state index contributed by atoms with van der Waals surface area (Å²) in [5.41, 5.74) is 1.49. The summed E-state index contributed by atoms with van der Waals surface area (Å²) in [6.07, 6.45) is 13.0. The van der Waals surface area contributed by atoms with E-state index in [9.17, 15) is 0 Å². The van der Waals surface area contributed by atoms with Crippen molar-refractivity contribution >= 4 is 11.8 Å². The number of hydrogen-bond donors (Lipinski definition) is 0. The lowest BCUT2D eigenvalue weighted by molar-refractivity contribution is 0.110. The standard InChI is InChI=1S/C19H30N2S/c1-15(2)21-14-7-6-12-18(21)17-11-8-13-20-19(17)22-16-9-4-3-5-10-16/h8,11,13,15-16,18H,3-7,9-10,12,14H2,1-2H3/t18-/m1/s1. The fourth-order valence-electron chi connectivity index (χ4n) is 4.00.